The molecule has 22 heavy (non-hydrogen) atoms. The van der Waals surface area contributed by atoms with Gasteiger partial charge in [-0.2, -0.15) is 4.98 Å². The van der Waals surface area contributed by atoms with Crippen LogP contribution >= 0.6 is 0 Å². The second-order valence-corrected chi connectivity index (χ2v) is 7.03. The highest BCUT2D eigenvalue weighted by atomic mass is 32.2. The van der Waals surface area contributed by atoms with E-state index in [2.05, 4.69) is 10.1 Å². The Hall–Kier alpha value is -1.76. The Balaban J connectivity index is 2.15. The molecule has 0 aliphatic carbocycles. The number of halogens is 1. The van der Waals surface area contributed by atoms with Crippen LogP contribution in [0.25, 0.3) is 0 Å². The van der Waals surface area contributed by atoms with E-state index in [1.54, 1.807) is 6.92 Å². The van der Waals surface area contributed by atoms with Crippen LogP contribution in [0, 0.1) is 5.82 Å². The van der Waals surface area contributed by atoms with Crippen LogP contribution < -0.4 is 4.74 Å². The van der Waals surface area contributed by atoms with Gasteiger partial charge in [-0.15, -0.1) is 0 Å². The van der Waals surface area contributed by atoms with Crippen molar-refractivity contribution in [2.75, 3.05) is 7.11 Å². The number of aromatic nitrogens is 2. The molecular weight excluding hydrogens is 307 g/mol. The summed E-state index contributed by atoms with van der Waals surface area (Å²) in [7, 11) is 0.166. The Morgan fingerprint density at radius 1 is 1.36 bits per heavy atom. The Morgan fingerprint density at radius 3 is 2.68 bits per heavy atom. The molecule has 7 heteroatoms. The van der Waals surface area contributed by atoms with E-state index in [0.29, 0.717) is 23.0 Å². The summed E-state index contributed by atoms with van der Waals surface area (Å²) in [5.41, 5.74) is 0.552. The lowest BCUT2D eigenvalue weighted by molar-refractivity contribution is 0.371. The first-order valence-corrected chi connectivity index (χ1v) is 8.33. The van der Waals surface area contributed by atoms with E-state index in [9.17, 15) is 8.60 Å². The van der Waals surface area contributed by atoms with Crippen LogP contribution in [0.1, 0.15) is 49.2 Å². The first kappa shape index (κ1) is 16.6. The average molecular weight is 326 g/mol. The Labute approximate surface area is 131 Å². The van der Waals surface area contributed by atoms with E-state index in [0.717, 1.165) is 0 Å². The minimum Gasteiger partial charge on any atom is -0.496 e. The lowest BCUT2D eigenvalue weighted by Crippen LogP contribution is -2.07. The predicted molar refractivity (Wildman–Crippen MR) is 81.6 cm³/mol. The van der Waals surface area contributed by atoms with Gasteiger partial charge in [0.05, 0.1) is 12.9 Å². The third-order valence-corrected chi connectivity index (χ3v) is 4.84. The van der Waals surface area contributed by atoms with E-state index in [1.165, 1.54) is 25.3 Å². The van der Waals surface area contributed by atoms with Gasteiger partial charge in [0, 0.05) is 22.3 Å². The zero-order valence-corrected chi connectivity index (χ0v) is 13.8. The smallest absolute Gasteiger partial charge is 0.242 e. The molecule has 0 N–H and O–H groups in total. The zero-order chi connectivity index (χ0) is 16.3. The molecule has 120 valence electrons. The van der Waals surface area contributed by atoms with Gasteiger partial charge in [0.1, 0.15) is 16.8 Å². The molecule has 1 aromatic carbocycles. The van der Waals surface area contributed by atoms with E-state index >= 15 is 0 Å². The van der Waals surface area contributed by atoms with Gasteiger partial charge in [-0.1, -0.05) is 19.0 Å². The molecule has 0 radical (unpaired) electrons. The second-order valence-electron chi connectivity index (χ2n) is 5.27. The Morgan fingerprint density at radius 2 is 2.09 bits per heavy atom. The second kappa shape index (κ2) is 7.00. The van der Waals surface area contributed by atoms with Crippen molar-refractivity contribution in [3.63, 3.8) is 0 Å². The molecule has 0 aliphatic heterocycles. The molecule has 0 spiro atoms. The van der Waals surface area contributed by atoms with Crippen LogP contribution in [-0.4, -0.2) is 21.5 Å². The maximum absolute atomic E-state index is 13.4. The maximum Gasteiger partial charge on any atom is 0.242 e. The van der Waals surface area contributed by atoms with E-state index < -0.39 is 16.0 Å². The lowest BCUT2D eigenvalue weighted by Gasteiger charge is -2.10. The summed E-state index contributed by atoms with van der Waals surface area (Å²) in [6, 6.07) is 4.16. The first-order valence-electron chi connectivity index (χ1n) is 6.95. The van der Waals surface area contributed by atoms with Crippen molar-refractivity contribution >= 4 is 10.8 Å². The standard InChI is InChI=1S/C15H19FN2O3S/c1-9(2)14-17-15(21-18-14)10(3)22(19)8-11-7-12(16)5-6-13(11)20-4/h5-7,9-10H,8H2,1-4H3. The fraction of sp³-hybridized carbons (Fsp3) is 0.467. The Kier molecular flexibility index (Phi) is 5.28. The van der Waals surface area contributed by atoms with Crippen molar-refractivity contribution in [1.82, 2.24) is 10.1 Å². The number of methoxy groups -OCH3 is 1. The van der Waals surface area contributed by atoms with Gasteiger partial charge in [0.15, 0.2) is 5.82 Å². The van der Waals surface area contributed by atoms with Crippen LogP contribution in [0.2, 0.25) is 0 Å². The van der Waals surface area contributed by atoms with Gasteiger partial charge in [-0.3, -0.25) is 4.21 Å². The largest absolute Gasteiger partial charge is 0.496 e. The van der Waals surface area contributed by atoms with Gasteiger partial charge in [0.2, 0.25) is 5.89 Å². The van der Waals surface area contributed by atoms with Crippen LogP contribution in [-0.2, 0) is 16.6 Å². The Bertz CT molecular complexity index is 673. The molecule has 2 unspecified atom stereocenters. The number of hydrogen-bond donors (Lipinski definition) is 0. The molecule has 0 saturated carbocycles. The number of hydrogen-bond acceptors (Lipinski definition) is 5. The molecule has 0 aliphatic rings. The topological polar surface area (TPSA) is 65.2 Å². The monoisotopic (exact) mass is 326 g/mol. The molecule has 0 bridgehead atoms. The molecule has 5 nitrogen and oxygen atoms in total. The molecule has 1 heterocycles. The van der Waals surface area contributed by atoms with Crippen LogP contribution in [0.15, 0.2) is 22.7 Å². The number of rotatable bonds is 6. The normalized spacial score (nSPS) is 14.1. The van der Waals surface area contributed by atoms with Crippen molar-refractivity contribution in [3.8, 4) is 5.75 Å². The molecule has 1 aromatic heterocycles. The number of benzene rings is 1. The van der Waals surface area contributed by atoms with Crippen molar-refractivity contribution in [2.24, 2.45) is 0 Å². The summed E-state index contributed by atoms with van der Waals surface area (Å²) in [6.45, 7) is 5.65. The lowest BCUT2D eigenvalue weighted by atomic mass is 10.2. The van der Waals surface area contributed by atoms with Gasteiger partial charge >= 0.3 is 0 Å². The van der Waals surface area contributed by atoms with Gasteiger partial charge in [-0.25, -0.2) is 4.39 Å². The summed E-state index contributed by atoms with van der Waals surface area (Å²) >= 11 is 0. The quantitative estimate of drug-likeness (QED) is 0.814. The summed E-state index contributed by atoms with van der Waals surface area (Å²) < 4.78 is 36.2. The molecule has 2 atom stereocenters. The van der Waals surface area contributed by atoms with Crippen molar-refractivity contribution < 1.29 is 17.9 Å². The fourth-order valence-corrected chi connectivity index (χ4v) is 3.00. The van der Waals surface area contributed by atoms with Gasteiger partial charge < -0.3 is 9.26 Å². The first-order chi connectivity index (χ1) is 10.4. The van der Waals surface area contributed by atoms with Gasteiger partial charge in [0.25, 0.3) is 0 Å². The predicted octanol–water partition coefficient (Wildman–Crippen LogP) is 3.35. The molecule has 2 rings (SSSR count). The van der Waals surface area contributed by atoms with Crippen LogP contribution in [0.3, 0.4) is 0 Å². The van der Waals surface area contributed by atoms with Gasteiger partial charge in [-0.05, 0) is 25.1 Å². The minimum atomic E-state index is -1.33. The highest BCUT2D eigenvalue weighted by molar-refractivity contribution is 7.84. The van der Waals surface area contributed by atoms with Crippen LogP contribution in [0.4, 0.5) is 4.39 Å². The summed E-state index contributed by atoms with van der Waals surface area (Å²) in [5.74, 6) is 1.33. The van der Waals surface area contributed by atoms with Crippen LogP contribution in [0.5, 0.6) is 5.75 Å². The molecular formula is C15H19FN2O3S. The highest BCUT2D eigenvalue weighted by Gasteiger charge is 2.22. The van der Waals surface area contributed by atoms with Crippen molar-refractivity contribution in [2.45, 2.75) is 37.7 Å². The fourth-order valence-electron chi connectivity index (χ4n) is 1.90. The third-order valence-electron chi connectivity index (χ3n) is 3.26. The van der Waals surface area contributed by atoms with E-state index in [-0.39, 0.29) is 17.5 Å². The molecule has 2 aromatic rings. The molecule has 0 fully saturated rings. The molecule has 0 amide bonds. The average Bonchev–Trinajstić information content (AvgIpc) is 2.96. The molecule has 0 saturated heterocycles. The van der Waals surface area contributed by atoms with E-state index in [4.69, 9.17) is 9.26 Å². The summed E-state index contributed by atoms with van der Waals surface area (Å²) in [5, 5.41) is 3.43. The maximum atomic E-state index is 13.4. The number of ether oxygens (including phenoxy) is 1. The minimum absolute atomic E-state index is 0.140. The third kappa shape index (κ3) is 3.71. The van der Waals surface area contributed by atoms with Crippen molar-refractivity contribution in [1.29, 1.82) is 0 Å². The SMILES string of the molecule is COc1ccc(F)cc1CS(=O)C(C)c1nc(C(C)C)no1. The zero-order valence-electron chi connectivity index (χ0n) is 13.0. The summed E-state index contributed by atoms with van der Waals surface area (Å²) in [4.78, 5) is 4.26. The van der Waals surface area contributed by atoms with E-state index in [1.807, 2.05) is 13.8 Å². The highest BCUT2D eigenvalue weighted by Crippen LogP contribution is 2.26. The van der Waals surface area contributed by atoms with Crippen molar-refractivity contribution in [3.05, 3.63) is 41.3 Å². The number of nitrogens with zero attached hydrogens (tertiary/aromatic N) is 2. The summed E-state index contributed by atoms with van der Waals surface area (Å²) in [6.07, 6.45) is 0.